The number of allylic oxidation sites excluding steroid dienone is 6. The highest BCUT2D eigenvalue weighted by molar-refractivity contribution is 5.86. The van der Waals surface area contributed by atoms with Crippen LogP contribution in [-0.2, 0) is 0 Å². The zero-order chi connectivity index (χ0) is 32.2. The molecule has 44 heavy (non-hydrogen) atoms. The van der Waals surface area contributed by atoms with Gasteiger partial charge in [-0.2, -0.15) is 0 Å². The summed E-state index contributed by atoms with van der Waals surface area (Å²) in [7, 11) is 0. The standard InChI is InChI=1S/C39H58O5/c1-8-9-10-11-12-13-14-15-26-41-34-22-23-35-36(29-34)44-39(40)38(43-28-25-33(7)21-17-19-31(4)5)37(35)42-27-24-32(6)20-16-18-30(2)3/h18-19,22-25,29H,8-17,20-21,26-28H2,1-7H3. The Hall–Kier alpha value is -3.21. The third-order valence-electron chi connectivity index (χ3n) is 7.56. The van der Waals surface area contributed by atoms with Crippen LogP contribution in [0.25, 0.3) is 11.0 Å². The molecule has 0 amide bonds. The summed E-state index contributed by atoms with van der Waals surface area (Å²) >= 11 is 0. The number of hydrogen-bond acceptors (Lipinski definition) is 5. The molecule has 0 saturated heterocycles. The van der Waals surface area contributed by atoms with Gasteiger partial charge in [0.15, 0.2) is 5.75 Å². The molecule has 1 aromatic heterocycles. The van der Waals surface area contributed by atoms with Crippen molar-refractivity contribution in [2.75, 3.05) is 19.8 Å². The van der Waals surface area contributed by atoms with Gasteiger partial charge in [0, 0.05) is 6.07 Å². The Bertz CT molecular complexity index is 1300. The highest BCUT2D eigenvalue weighted by Gasteiger charge is 2.18. The lowest BCUT2D eigenvalue weighted by Gasteiger charge is -2.14. The summed E-state index contributed by atoms with van der Waals surface area (Å²) in [6.07, 6.45) is 22.4. The number of rotatable bonds is 22. The minimum atomic E-state index is -0.549. The Balaban J connectivity index is 2.15. The zero-order valence-electron chi connectivity index (χ0n) is 28.7. The van der Waals surface area contributed by atoms with E-state index < -0.39 is 5.63 Å². The number of ether oxygens (including phenoxy) is 3. The van der Waals surface area contributed by atoms with Crippen molar-refractivity contribution in [1.29, 1.82) is 0 Å². The second-order valence-electron chi connectivity index (χ2n) is 12.4. The largest absolute Gasteiger partial charge is 0.493 e. The average molecular weight is 607 g/mol. The summed E-state index contributed by atoms with van der Waals surface area (Å²) < 4.78 is 24.0. The van der Waals surface area contributed by atoms with Gasteiger partial charge in [0.2, 0.25) is 5.75 Å². The van der Waals surface area contributed by atoms with E-state index in [1.54, 1.807) is 6.07 Å². The van der Waals surface area contributed by atoms with Crippen molar-refractivity contribution >= 4 is 11.0 Å². The summed E-state index contributed by atoms with van der Waals surface area (Å²) in [5.41, 5.74) is 4.97. The molecule has 0 aliphatic carbocycles. The SMILES string of the molecule is CCCCCCCCCCOc1ccc2c(OCC=C(C)CCC=C(C)C)c(OCC=C(C)CCC=C(C)C)c(=O)oc2c1. The summed E-state index contributed by atoms with van der Waals surface area (Å²) in [4.78, 5) is 13.2. The van der Waals surface area contributed by atoms with Gasteiger partial charge in [-0.3, -0.25) is 0 Å². The summed E-state index contributed by atoms with van der Waals surface area (Å²) in [6, 6.07) is 5.60. The maximum Gasteiger partial charge on any atom is 0.383 e. The van der Waals surface area contributed by atoms with Crippen LogP contribution < -0.4 is 19.8 Å². The van der Waals surface area contributed by atoms with E-state index in [4.69, 9.17) is 18.6 Å². The van der Waals surface area contributed by atoms with Crippen LogP contribution in [0.3, 0.4) is 0 Å². The van der Waals surface area contributed by atoms with Gasteiger partial charge in [0.05, 0.1) is 12.0 Å². The minimum absolute atomic E-state index is 0.106. The van der Waals surface area contributed by atoms with E-state index in [1.807, 2.05) is 18.2 Å². The molecule has 0 fully saturated rings. The lowest BCUT2D eigenvalue weighted by Crippen LogP contribution is -2.11. The summed E-state index contributed by atoms with van der Waals surface area (Å²) in [6.45, 7) is 16.1. The van der Waals surface area contributed by atoms with Gasteiger partial charge in [0.25, 0.3) is 0 Å². The number of benzene rings is 1. The van der Waals surface area contributed by atoms with Crippen molar-refractivity contribution in [2.24, 2.45) is 0 Å². The normalized spacial score (nSPS) is 11.9. The predicted octanol–water partition coefficient (Wildman–Crippen LogP) is 11.5. The first kappa shape index (κ1) is 37.0. The molecule has 2 rings (SSSR count). The van der Waals surface area contributed by atoms with E-state index in [2.05, 4.69) is 66.7 Å². The van der Waals surface area contributed by atoms with Crippen molar-refractivity contribution in [2.45, 2.75) is 126 Å². The van der Waals surface area contributed by atoms with Crippen LogP contribution in [0.1, 0.15) is 126 Å². The molecule has 5 heteroatoms. The Morgan fingerprint density at radius 1 is 0.682 bits per heavy atom. The van der Waals surface area contributed by atoms with E-state index in [-0.39, 0.29) is 12.4 Å². The van der Waals surface area contributed by atoms with Crippen molar-refractivity contribution in [3.63, 3.8) is 0 Å². The lowest BCUT2D eigenvalue weighted by molar-refractivity contribution is 0.293. The second kappa shape index (κ2) is 21.5. The molecule has 244 valence electrons. The van der Waals surface area contributed by atoms with Gasteiger partial charge in [-0.25, -0.2) is 4.79 Å². The molecule has 1 heterocycles. The fraction of sp³-hybridized carbons (Fsp3) is 0.564. The molecular formula is C39H58O5. The maximum atomic E-state index is 13.2. The van der Waals surface area contributed by atoms with Crippen LogP contribution in [0.15, 0.2) is 74.0 Å². The maximum absolute atomic E-state index is 13.2. The van der Waals surface area contributed by atoms with Crippen molar-refractivity contribution in [1.82, 2.24) is 0 Å². The number of hydrogen-bond donors (Lipinski definition) is 0. The fourth-order valence-electron chi connectivity index (χ4n) is 4.84. The van der Waals surface area contributed by atoms with Crippen LogP contribution in [0.2, 0.25) is 0 Å². The predicted molar refractivity (Wildman–Crippen MR) is 186 cm³/mol. The van der Waals surface area contributed by atoms with E-state index in [0.717, 1.165) is 38.5 Å². The number of unbranched alkanes of at least 4 members (excludes halogenated alkanes) is 7. The number of fused-ring (bicyclic) bond motifs is 1. The van der Waals surface area contributed by atoms with Crippen LogP contribution in [0.4, 0.5) is 0 Å². The fourth-order valence-corrected chi connectivity index (χ4v) is 4.84. The van der Waals surface area contributed by atoms with E-state index in [0.29, 0.717) is 35.7 Å². The van der Waals surface area contributed by atoms with Crippen molar-refractivity contribution in [3.8, 4) is 17.2 Å². The zero-order valence-corrected chi connectivity index (χ0v) is 28.7. The Kier molecular flexibility index (Phi) is 18.1. The van der Waals surface area contributed by atoms with Crippen molar-refractivity contribution < 1.29 is 18.6 Å². The van der Waals surface area contributed by atoms with E-state index >= 15 is 0 Å². The Morgan fingerprint density at radius 3 is 1.80 bits per heavy atom. The molecule has 0 N–H and O–H groups in total. The van der Waals surface area contributed by atoms with E-state index in [1.165, 1.54) is 60.8 Å². The van der Waals surface area contributed by atoms with Crippen LogP contribution in [0, 0.1) is 0 Å². The third-order valence-corrected chi connectivity index (χ3v) is 7.56. The van der Waals surface area contributed by atoms with Gasteiger partial charge in [-0.05, 0) is 97.9 Å². The third kappa shape index (κ3) is 15.0. The quantitative estimate of drug-likeness (QED) is 0.0758. The first-order chi connectivity index (χ1) is 21.2. The average Bonchev–Trinajstić information content (AvgIpc) is 2.97. The summed E-state index contributed by atoms with van der Waals surface area (Å²) in [5.74, 6) is 1.21. The molecule has 0 spiro atoms. The highest BCUT2D eigenvalue weighted by atomic mass is 16.5. The monoisotopic (exact) mass is 606 g/mol. The van der Waals surface area contributed by atoms with E-state index in [9.17, 15) is 4.79 Å². The molecule has 0 bridgehead atoms. The van der Waals surface area contributed by atoms with Crippen LogP contribution >= 0.6 is 0 Å². The molecular weight excluding hydrogens is 548 g/mol. The molecule has 2 aromatic rings. The molecule has 0 unspecified atom stereocenters. The second-order valence-corrected chi connectivity index (χ2v) is 12.4. The van der Waals surface area contributed by atoms with Gasteiger partial charge in [-0.15, -0.1) is 0 Å². The molecule has 0 radical (unpaired) electrons. The van der Waals surface area contributed by atoms with Gasteiger partial charge in [0.1, 0.15) is 24.5 Å². The molecule has 0 atom stereocenters. The van der Waals surface area contributed by atoms with Crippen molar-refractivity contribution in [3.05, 3.63) is 75.2 Å². The van der Waals surface area contributed by atoms with Gasteiger partial charge in [-0.1, -0.05) is 86.3 Å². The molecule has 0 saturated carbocycles. The van der Waals surface area contributed by atoms with Crippen LogP contribution in [0.5, 0.6) is 17.2 Å². The molecule has 5 nitrogen and oxygen atoms in total. The van der Waals surface area contributed by atoms with Gasteiger partial charge >= 0.3 is 5.63 Å². The minimum Gasteiger partial charge on any atom is -0.493 e. The molecule has 0 aliphatic heterocycles. The molecule has 0 aliphatic rings. The first-order valence-corrected chi connectivity index (χ1v) is 16.8. The smallest absolute Gasteiger partial charge is 0.383 e. The first-order valence-electron chi connectivity index (χ1n) is 16.8. The lowest BCUT2D eigenvalue weighted by atomic mass is 10.1. The van der Waals surface area contributed by atoms with Gasteiger partial charge < -0.3 is 18.6 Å². The molecule has 1 aromatic carbocycles. The Labute approximate surface area is 267 Å². The van der Waals surface area contributed by atoms with Crippen LogP contribution in [-0.4, -0.2) is 19.8 Å². The Morgan fingerprint density at radius 2 is 1.23 bits per heavy atom. The summed E-state index contributed by atoms with van der Waals surface area (Å²) in [5, 5.41) is 0.693. The topological polar surface area (TPSA) is 57.9 Å². The highest BCUT2D eigenvalue weighted by Crippen LogP contribution is 2.35.